The second-order valence-electron chi connectivity index (χ2n) is 10.8. The van der Waals surface area contributed by atoms with E-state index in [1.165, 1.54) is 54.6 Å². The van der Waals surface area contributed by atoms with E-state index >= 15 is 0 Å². The van der Waals surface area contributed by atoms with Crippen molar-refractivity contribution in [3.05, 3.63) is 54.1 Å². The number of carbonyl (C=O) groups is 1. The van der Waals surface area contributed by atoms with Crippen LogP contribution in [0.1, 0.15) is 70.8 Å². The van der Waals surface area contributed by atoms with Gasteiger partial charge in [0, 0.05) is 44.3 Å². The molecule has 4 nitrogen and oxygen atoms in total. The topological polar surface area (TPSA) is 26.8 Å². The van der Waals surface area contributed by atoms with Crippen LogP contribution in [0.2, 0.25) is 0 Å². The average Bonchev–Trinajstić information content (AvgIpc) is 2.84. The third-order valence-corrected chi connectivity index (χ3v) is 7.90. The Kier molecular flexibility index (Phi) is 9.39. The van der Waals surface area contributed by atoms with Gasteiger partial charge in [0.25, 0.3) is 0 Å². The lowest BCUT2D eigenvalue weighted by atomic mass is 9.91. The highest BCUT2D eigenvalue weighted by molar-refractivity contribution is 5.80. The molecule has 1 saturated carbocycles. The van der Waals surface area contributed by atoms with Crippen LogP contribution in [0.4, 0.5) is 5.69 Å². The number of benzene rings is 2. The summed E-state index contributed by atoms with van der Waals surface area (Å²) >= 11 is 0. The number of carbonyl (C=O) groups excluding carboxylic acids is 1. The maximum atomic E-state index is 12.6. The maximum absolute atomic E-state index is 12.6. The lowest BCUT2D eigenvalue weighted by Gasteiger charge is -2.37. The highest BCUT2D eigenvalue weighted by Gasteiger charge is 2.24. The first kappa shape index (κ1) is 25.9. The molecule has 1 heterocycles. The Morgan fingerprint density at radius 2 is 1.69 bits per heavy atom. The van der Waals surface area contributed by atoms with E-state index in [0.717, 1.165) is 51.6 Å². The molecule has 4 heteroatoms. The third kappa shape index (κ3) is 6.95. The van der Waals surface area contributed by atoms with Gasteiger partial charge in [-0.3, -0.25) is 9.69 Å². The zero-order valence-electron chi connectivity index (χ0n) is 22.2. The van der Waals surface area contributed by atoms with Crippen LogP contribution in [0, 0.1) is 0 Å². The van der Waals surface area contributed by atoms with Gasteiger partial charge in [-0.25, -0.2) is 0 Å². The summed E-state index contributed by atoms with van der Waals surface area (Å²) in [5, 5.41) is 0. The van der Waals surface area contributed by atoms with Crippen molar-refractivity contribution < 1.29 is 4.79 Å². The molecule has 0 bridgehead atoms. The molecule has 0 N–H and O–H groups in total. The van der Waals surface area contributed by atoms with Crippen LogP contribution in [0.3, 0.4) is 0 Å². The Morgan fingerprint density at radius 3 is 2.31 bits per heavy atom. The van der Waals surface area contributed by atoms with E-state index in [1.807, 2.05) is 0 Å². The third-order valence-electron chi connectivity index (χ3n) is 7.90. The molecular weight excluding hydrogens is 430 g/mol. The van der Waals surface area contributed by atoms with E-state index in [0.29, 0.717) is 18.2 Å². The molecule has 0 spiro atoms. The molecule has 0 aromatic heterocycles. The van der Waals surface area contributed by atoms with Crippen LogP contribution in [0.15, 0.2) is 48.5 Å². The van der Waals surface area contributed by atoms with Crippen molar-refractivity contribution in [3.63, 3.8) is 0 Å². The van der Waals surface area contributed by atoms with E-state index in [9.17, 15) is 4.79 Å². The van der Waals surface area contributed by atoms with Gasteiger partial charge in [0.05, 0.1) is 6.54 Å². The van der Waals surface area contributed by atoms with Crippen LogP contribution < -0.4 is 4.90 Å². The number of rotatable bonds is 12. The number of hydrogen-bond donors (Lipinski definition) is 0. The molecule has 35 heavy (non-hydrogen) atoms. The van der Waals surface area contributed by atoms with Crippen molar-refractivity contribution in [1.82, 2.24) is 9.80 Å². The van der Waals surface area contributed by atoms with Crippen molar-refractivity contribution in [2.24, 2.45) is 0 Å². The summed E-state index contributed by atoms with van der Waals surface area (Å²) in [6.07, 6.45) is 7.04. The fraction of sp³-hybridized carbons (Fsp3) is 0.581. The monoisotopic (exact) mass is 475 g/mol. The number of anilines is 1. The fourth-order valence-electron chi connectivity index (χ4n) is 5.60. The zero-order valence-corrected chi connectivity index (χ0v) is 22.2. The number of hydrogen-bond acceptors (Lipinski definition) is 4. The quantitative estimate of drug-likeness (QED) is 0.364. The minimum atomic E-state index is 0.414. The van der Waals surface area contributed by atoms with Crippen LogP contribution >= 0.6 is 0 Å². The van der Waals surface area contributed by atoms with Gasteiger partial charge in [-0.2, -0.15) is 0 Å². The standard InChI is InChI=1S/C31H45N3O/c1-4-18-33(27-9-7-10-27)19-8-11-29(35)24-32-20-22-34(23-21-32)28-16-14-26(15-17-28)31-13-6-5-12-30(31)25(2)3/h5-6,12-17,25,27H,4,7-11,18-24H2,1-3H3. The zero-order chi connectivity index (χ0) is 24.6. The van der Waals surface area contributed by atoms with Gasteiger partial charge in [0.15, 0.2) is 0 Å². The Labute approximate surface area is 213 Å². The molecule has 1 aliphatic heterocycles. The molecule has 4 rings (SSSR count). The van der Waals surface area contributed by atoms with Crippen LogP contribution in [-0.2, 0) is 4.79 Å². The molecular formula is C31H45N3O. The van der Waals surface area contributed by atoms with Gasteiger partial charge in [0.2, 0.25) is 0 Å². The summed E-state index contributed by atoms with van der Waals surface area (Å²) in [4.78, 5) is 20.1. The SMILES string of the molecule is CCCN(CCCC(=O)CN1CCN(c2ccc(-c3ccccc3C(C)C)cc2)CC1)C1CCC1. The molecule has 0 unspecified atom stereocenters. The summed E-state index contributed by atoms with van der Waals surface area (Å²) in [5.41, 5.74) is 5.31. The maximum Gasteiger partial charge on any atom is 0.146 e. The molecule has 190 valence electrons. The number of nitrogens with zero attached hydrogens (tertiary/aromatic N) is 3. The minimum absolute atomic E-state index is 0.414. The normalized spacial score (nSPS) is 17.2. The summed E-state index contributed by atoms with van der Waals surface area (Å²) in [7, 11) is 0. The molecule has 2 fully saturated rings. The Hall–Kier alpha value is -2.17. The highest BCUT2D eigenvalue weighted by atomic mass is 16.1. The minimum Gasteiger partial charge on any atom is -0.369 e. The summed E-state index contributed by atoms with van der Waals surface area (Å²) in [6, 6.07) is 18.6. The Balaban J connectivity index is 1.21. The first-order chi connectivity index (χ1) is 17.0. The largest absolute Gasteiger partial charge is 0.369 e. The lowest BCUT2D eigenvalue weighted by Crippen LogP contribution is -2.48. The van der Waals surface area contributed by atoms with E-state index in [2.05, 4.69) is 84.0 Å². The van der Waals surface area contributed by atoms with Gasteiger partial charge >= 0.3 is 0 Å². The number of Topliss-reactive ketones (excluding diaryl/α,β-unsaturated/α-hetero) is 1. The van der Waals surface area contributed by atoms with E-state index in [1.54, 1.807) is 0 Å². The van der Waals surface area contributed by atoms with Crippen molar-refractivity contribution in [2.75, 3.05) is 50.7 Å². The second-order valence-corrected chi connectivity index (χ2v) is 10.8. The smallest absolute Gasteiger partial charge is 0.146 e. The predicted molar refractivity (Wildman–Crippen MR) is 148 cm³/mol. The van der Waals surface area contributed by atoms with Crippen molar-refractivity contribution in [2.45, 2.75) is 71.3 Å². The molecule has 0 radical (unpaired) electrons. The number of piperazine rings is 1. The van der Waals surface area contributed by atoms with Crippen LogP contribution in [0.5, 0.6) is 0 Å². The summed E-state index contributed by atoms with van der Waals surface area (Å²) < 4.78 is 0. The lowest BCUT2D eigenvalue weighted by molar-refractivity contribution is -0.120. The van der Waals surface area contributed by atoms with E-state index < -0.39 is 0 Å². The van der Waals surface area contributed by atoms with E-state index in [-0.39, 0.29) is 0 Å². The molecule has 2 aromatic rings. The molecule has 1 saturated heterocycles. The number of ketones is 1. The van der Waals surface area contributed by atoms with E-state index in [4.69, 9.17) is 0 Å². The molecule has 2 aromatic carbocycles. The Bertz CT molecular complexity index is 926. The summed E-state index contributed by atoms with van der Waals surface area (Å²) in [5.74, 6) is 0.927. The second kappa shape index (κ2) is 12.7. The van der Waals surface area contributed by atoms with Gasteiger partial charge in [-0.15, -0.1) is 0 Å². The first-order valence-corrected chi connectivity index (χ1v) is 14.0. The molecule has 2 aliphatic rings. The molecule has 0 amide bonds. The van der Waals surface area contributed by atoms with Crippen LogP contribution in [-0.4, -0.2) is 67.4 Å². The van der Waals surface area contributed by atoms with Crippen LogP contribution in [0.25, 0.3) is 11.1 Å². The van der Waals surface area contributed by atoms with Gasteiger partial charge < -0.3 is 9.80 Å². The fourth-order valence-corrected chi connectivity index (χ4v) is 5.60. The van der Waals surface area contributed by atoms with Gasteiger partial charge in [0.1, 0.15) is 5.78 Å². The highest BCUT2D eigenvalue weighted by Crippen LogP contribution is 2.30. The van der Waals surface area contributed by atoms with Crippen molar-refractivity contribution >= 4 is 11.5 Å². The average molecular weight is 476 g/mol. The van der Waals surface area contributed by atoms with Gasteiger partial charge in [-0.05, 0) is 73.5 Å². The summed E-state index contributed by atoms with van der Waals surface area (Å²) in [6.45, 7) is 13.6. The van der Waals surface area contributed by atoms with Crippen molar-refractivity contribution in [3.8, 4) is 11.1 Å². The predicted octanol–water partition coefficient (Wildman–Crippen LogP) is 6.21. The van der Waals surface area contributed by atoms with Gasteiger partial charge in [-0.1, -0.05) is 63.6 Å². The first-order valence-electron chi connectivity index (χ1n) is 14.0. The molecule has 1 aliphatic carbocycles. The Morgan fingerprint density at radius 1 is 0.971 bits per heavy atom. The molecule has 0 atom stereocenters. The van der Waals surface area contributed by atoms with Crippen molar-refractivity contribution in [1.29, 1.82) is 0 Å².